The van der Waals surface area contributed by atoms with Crippen LogP contribution in [-0.2, 0) is 16.1 Å². The molecule has 1 saturated heterocycles. The Morgan fingerprint density at radius 3 is 2.36 bits per heavy atom. The van der Waals surface area contributed by atoms with Crippen LogP contribution in [0.3, 0.4) is 0 Å². The minimum absolute atomic E-state index is 0.326. The van der Waals surface area contributed by atoms with Gasteiger partial charge in [-0.25, -0.2) is 9.29 Å². The Hall–Kier alpha value is -2.80. The number of anilines is 1. The van der Waals surface area contributed by atoms with Crippen LogP contribution in [0.2, 0.25) is 5.02 Å². The van der Waals surface area contributed by atoms with Gasteiger partial charge in [0.25, 0.3) is 11.8 Å². The fourth-order valence-corrected chi connectivity index (χ4v) is 3.10. The van der Waals surface area contributed by atoms with E-state index in [9.17, 15) is 14.0 Å². The topological polar surface area (TPSA) is 65.3 Å². The molecule has 4 rings (SSSR count). The molecule has 0 unspecified atom stereocenters. The molecule has 0 bridgehead atoms. The van der Waals surface area contributed by atoms with Crippen LogP contribution in [0.1, 0.15) is 5.56 Å². The van der Waals surface area contributed by atoms with Crippen molar-refractivity contribution in [2.24, 2.45) is 10.3 Å². The number of hydrogen-bond acceptors (Lipinski definition) is 5. The molecule has 2 aliphatic rings. The van der Waals surface area contributed by atoms with Crippen molar-refractivity contribution in [1.29, 1.82) is 0 Å². The first-order valence-corrected chi connectivity index (χ1v) is 7.97. The summed E-state index contributed by atoms with van der Waals surface area (Å²) in [5.74, 6) is -1.31. The second-order valence-corrected chi connectivity index (χ2v) is 6.24. The Balaban J connectivity index is 1.59. The highest BCUT2D eigenvalue weighted by Crippen LogP contribution is 2.32. The number of hydrogen-bond donors (Lipinski definition) is 0. The van der Waals surface area contributed by atoms with Crippen molar-refractivity contribution in [3.8, 4) is 0 Å². The molecule has 0 radical (unpaired) electrons. The Labute approximate surface area is 147 Å². The lowest BCUT2D eigenvalue weighted by molar-refractivity contribution is -0.123. The van der Waals surface area contributed by atoms with E-state index < -0.39 is 29.7 Å². The van der Waals surface area contributed by atoms with Crippen LogP contribution in [0.25, 0.3) is 0 Å². The van der Waals surface area contributed by atoms with E-state index in [0.717, 1.165) is 10.5 Å². The maximum Gasteiger partial charge on any atom is 0.263 e. The van der Waals surface area contributed by atoms with Gasteiger partial charge in [0.15, 0.2) is 12.1 Å². The Kier molecular flexibility index (Phi) is 3.73. The van der Waals surface area contributed by atoms with E-state index >= 15 is 0 Å². The number of nitrogens with zero attached hydrogens (tertiary/aromatic N) is 4. The summed E-state index contributed by atoms with van der Waals surface area (Å²) in [5, 5.41) is 10.0. The van der Waals surface area contributed by atoms with Crippen molar-refractivity contribution >= 4 is 29.1 Å². The monoisotopic (exact) mass is 358 g/mol. The third kappa shape index (κ3) is 2.66. The predicted octanol–water partition coefficient (Wildman–Crippen LogP) is 2.97. The SMILES string of the molecule is O=C1[C@H]2N=NN(Cc3ccc(Cl)cc3)[C@H]2C(=O)N1c1ccc(F)cc1. The highest BCUT2D eigenvalue weighted by atomic mass is 35.5. The lowest BCUT2D eigenvalue weighted by Gasteiger charge is -2.20. The van der Waals surface area contributed by atoms with E-state index in [0.29, 0.717) is 17.3 Å². The molecule has 0 saturated carbocycles. The lowest BCUT2D eigenvalue weighted by atomic mass is 10.1. The molecule has 8 heteroatoms. The maximum absolute atomic E-state index is 13.1. The fraction of sp³-hybridized carbons (Fsp3) is 0.176. The van der Waals surface area contributed by atoms with Gasteiger partial charge in [0.2, 0.25) is 0 Å². The number of rotatable bonds is 3. The summed E-state index contributed by atoms with van der Waals surface area (Å²) in [7, 11) is 0. The zero-order chi connectivity index (χ0) is 17.6. The lowest BCUT2D eigenvalue weighted by Crippen LogP contribution is -2.39. The molecule has 2 heterocycles. The van der Waals surface area contributed by atoms with Gasteiger partial charge in [0.05, 0.1) is 12.2 Å². The van der Waals surface area contributed by atoms with Crippen LogP contribution < -0.4 is 4.90 Å². The third-order valence-electron chi connectivity index (χ3n) is 4.20. The average Bonchev–Trinajstić information content (AvgIpc) is 3.12. The van der Waals surface area contributed by atoms with Crippen molar-refractivity contribution in [1.82, 2.24) is 5.01 Å². The number of imide groups is 1. The van der Waals surface area contributed by atoms with Crippen molar-refractivity contribution < 1.29 is 14.0 Å². The zero-order valence-electron chi connectivity index (χ0n) is 12.8. The Morgan fingerprint density at radius 2 is 1.68 bits per heavy atom. The third-order valence-corrected chi connectivity index (χ3v) is 4.45. The molecule has 2 aromatic rings. The Morgan fingerprint density at radius 1 is 1.00 bits per heavy atom. The number of carbonyl (C=O) groups is 2. The van der Waals surface area contributed by atoms with Gasteiger partial charge in [-0.05, 0) is 42.0 Å². The smallest absolute Gasteiger partial charge is 0.263 e. The van der Waals surface area contributed by atoms with Gasteiger partial charge < -0.3 is 0 Å². The predicted molar refractivity (Wildman–Crippen MR) is 88.3 cm³/mol. The number of carbonyl (C=O) groups excluding carboxylic acids is 2. The van der Waals surface area contributed by atoms with Gasteiger partial charge in [-0.3, -0.25) is 14.6 Å². The summed E-state index contributed by atoms with van der Waals surface area (Å²) in [6, 6.07) is 10.7. The summed E-state index contributed by atoms with van der Waals surface area (Å²) < 4.78 is 13.1. The van der Waals surface area contributed by atoms with Crippen LogP contribution >= 0.6 is 11.6 Å². The van der Waals surface area contributed by atoms with Gasteiger partial charge >= 0.3 is 0 Å². The molecule has 25 heavy (non-hydrogen) atoms. The number of amides is 2. The summed E-state index contributed by atoms with van der Waals surface area (Å²) in [6.45, 7) is 0.331. The average molecular weight is 359 g/mol. The number of fused-ring (bicyclic) bond motifs is 1. The van der Waals surface area contributed by atoms with Gasteiger partial charge in [0, 0.05) is 5.02 Å². The molecule has 2 aromatic carbocycles. The summed E-state index contributed by atoms with van der Waals surface area (Å²) in [6.07, 6.45) is 0. The van der Waals surface area contributed by atoms with Crippen LogP contribution in [0.5, 0.6) is 0 Å². The minimum atomic E-state index is -0.871. The molecule has 2 aliphatic heterocycles. The first kappa shape index (κ1) is 15.7. The van der Waals surface area contributed by atoms with Crippen LogP contribution in [-0.4, -0.2) is 28.9 Å². The molecule has 6 nitrogen and oxygen atoms in total. The van der Waals surface area contributed by atoms with E-state index in [1.807, 2.05) is 12.1 Å². The molecule has 2 atom stereocenters. The summed E-state index contributed by atoms with van der Waals surface area (Å²) in [4.78, 5) is 26.3. The number of benzene rings is 2. The van der Waals surface area contributed by atoms with Crippen LogP contribution in [0.15, 0.2) is 58.9 Å². The normalized spacial score (nSPS) is 22.0. The van der Waals surface area contributed by atoms with E-state index in [4.69, 9.17) is 11.6 Å². The first-order chi connectivity index (χ1) is 12.0. The molecule has 0 spiro atoms. The van der Waals surface area contributed by atoms with Crippen molar-refractivity contribution in [3.05, 3.63) is 64.9 Å². The Bertz CT molecular complexity index is 869. The molecular formula is C17H12ClFN4O2. The van der Waals surface area contributed by atoms with E-state index in [1.54, 1.807) is 12.1 Å². The fourth-order valence-electron chi connectivity index (χ4n) is 2.98. The summed E-state index contributed by atoms with van der Waals surface area (Å²) in [5.41, 5.74) is 1.22. The molecule has 2 amide bonds. The zero-order valence-corrected chi connectivity index (χ0v) is 13.6. The highest BCUT2D eigenvalue weighted by Gasteiger charge is 2.54. The minimum Gasteiger partial charge on any atom is -0.271 e. The quantitative estimate of drug-likeness (QED) is 0.792. The highest BCUT2D eigenvalue weighted by molar-refractivity contribution is 6.30. The first-order valence-electron chi connectivity index (χ1n) is 7.60. The largest absolute Gasteiger partial charge is 0.271 e. The van der Waals surface area contributed by atoms with Gasteiger partial charge in [-0.15, -0.1) is 0 Å². The van der Waals surface area contributed by atoms with Crippen LogP contribution in [0.4, 0.5) is 10.1 Å². The van der Waals surface area contributed by atoms with Gasteiger partial charge in [-0.2, -0.15) is 5.11 Å². The van der Waals surface area contributed by atoms with E-state index in [1.165, 1.54) is 29.3 Å². The molecule has 1 fully saturated rings. The maximum atomic E-state index is 13.1. The number of halogens is 2. The van der Waals surface area contributed by atoms with E-state index in [2.05, 4.69) is 10.3 Å². The standard InChI is InChI=1S/C17H12ClFN4O2/c18-11-3-1-10(2-4-11)9-22-15-14(20-21-22)16(24)23(17(15)25)13-7-5-12(19)6-8-13/h1-8,14-15H,9H2/t14-,15+/m0/s1. The second kappa shape index (κ2) is 5.93. The second-order valence-electron chi connectivity index (χ2n) is 5.81. The van der Waals surface area contributed by atoms with Crippen molar-refractivity contribution in [2.75, 3.05) is 4.90 Å². The van der Waals surface area contributed by atoms with Crippen molar-refractivity contribution in [3.63, 3.8) is 0 Å². The van der Waals surface area contributed by atoms with Crippen LogP contribution in [0, 0.1) is 5.82 Å². The molecule has 0 aliphatic carbocycles. The molecule has 0 N–H and O–H groups in total. The molecule has 0 aromatic heterocycles. The van der Waals surface area contributed by atoms with Gasteiger partial charge in [0.1, 0.15) is 5.82 Å². The molecular weight excluding hydrogens is 347 g/mol. The van der Waals surface area contributed by atoms with E-state index in [-0.39, 0.29) is 0 Å². The van der Waals surface area contributed by atoms with Gasteiger partial charge in [-0.1, -0.05) is 29.0 Å². The molecule has 126 valence electrons. The van der Waals surface area contributed by atoms with Crippen molar-refractivity contribution in [2.45, 2.75) is 18.6 Å². The summed E-state index contributed by atoms with van der Waals surface area (Å²) >= 11 is 5.87.